The number of hydrogen-bond acceptors (Lipinski definition) is 4. The quantitative estimate of drug-likeness (QED) is 0.207. The maximum absolute atomic E-state index is 14.0. The normalized spacial score (nSPS) is 12.2. The third kappa shape index (κ3) is 8.49. The van der Waals surface area contributed by atoms with E-state index >= 15 is 0 Å². The Morgan fingerprint density at radius 2 is 1.55 bits per heavy atom. The highest BCUT2D eigenvalue weighted by Gasteiger charge is 2.32. The molecule has 0 spiro atoms. The number of nitrogens with one attached hydrogen (secondary N) is 1. The first-order chi connectivity index (χ1) is 19.8. The zero-order valence-electron chi connectivity index (χ0n) is 24.7. The lowest BCUT2D eigenvalue weighted by molar-refractivity contribution is -0.139. The molecule has 10 heteroatoms. The third-order valence-electron chi connectivity index (χ3n) is 7.07. The molecule has 1 atom stereocenters. The number of benzene rings is 3. The Kier molecular flexibility index (Phi) is 11.9. The molecule has 0 aliphatic carbocycles. The summed E-state index contributed by atoms with van der Waals surface area (Å²) in [5.41, 5.74) is 2.95. The standard InChI is InChI=1S/C32H39Cl2N3O4S/c1-6-7-18-35-32(39)24(5)36(20-25-10-17-29(33)30(34)19-25)31(38)21-37(27-13-11-26(12-14-27)22(2)3)42(40,41)28-15-8-23(4)9-16-28/h8-17,19,22,24H,6-7,18,20-21H2,1-5H3,(H,35,39)/t24-/m0/s1. The molecule has 0 unspecified atom stereocenters. The van der Waals surface area contributed by atoms with Crippen molar-refractivity contribution in [3.8, 4) is 0 Å². The van der Waals surface area contributed by atoms with Crippen LogP contribution in [-0.2, 0) is 26.2 Å². The molecule has 0 saturated carbocycles. The van der Waals surface area contributed by atoms with Gasteiger partial charge in [-0.05, 0) is 73.7 Å². The maximum atomic E-state index is 14.0. The Bertz CT molecular complexity index is 1480. The molecule has 226 valence electrons. The molecule has 0 aliphatic heterocycles. The number of unbranched alkanes of at least 4 members (excludes halogenated alkanes) is 1. The molecule has 42 heavy (non-hydrogen) atoms. The second kappa shape index (κ2) is 14.9. The Hall–Kier alpha value is -3.07. The van der Waals surface area contributed by atoms with Gasteiger partial charge in [0.1, 0.15) is 12.6 Å². The zero-order valence-corrected chi connectivity index (χ0v) is 27.1. The number of aryl methyl sites for hydroxylation is 1. The van der Waals surface area contributed by atoms with Crippen molar-refractivity contribution in [2.45, 2.75) is 70.9 Å². The summed E-state index contributed by atoms with van der Waals surface area (Å²) < 4.78 is 29.1. The summed E-state index contributed by atoms with van der Waals surface area (Å²) in [4.78, 5) is 28.6. The Morgan fingerprint density at radius 3 is 2.12 bits per heavy atom. The van der Waals surface area contributed by atoms with Crippen molar-refractivity contribution in [1.82, 2.24) is 10.2 Å². The van der Waals surface area contributed by atoms with Gasteiger partial charge >= 0.3 is 0 Å². The monoisotopic (exact) mass is 631 g/mol. The molecule has 0 radical (unpaired) electrons. The van der Waals surface area contributed by atoms with Crippen molar-refractivity contribution in [2.24, 2.45) is 0 Å². The zero-order chi connectivity index (χ0) is 31.0. The number of hydrogen-bond donors (Lipinski definition) is 1. The number of rotatable bonds is 13. The number of carbonyl (C=O) groups is 2. The van der Waals surface area contributed by atoms with Gasteiger partial charge in [0.15, 0.2) is 0 Å². The highest BCUT2D eigenvalue weighted by Crippen LogP contribution is 2.28. The van der Waals surface area contributed by atoms with Crippen molar-refractivity contribution >= 4 is 50.7 Å². The average molecular weight is 633 g/mol. The lowest BCUT2D eigenvalue weighted by Crippen LogP contribution is -2.51. The van der Waals surface area contributed by atoms with Crippen LogP contribution in [0.3, 0.4) is 0 Å². The smallest absolute Gasteiger partial charge is 0.264 e. The predicted molar refractivity (Wildman–Crippen MR) is 171 cm³/mol. The van der Waals surface area contributed by atoms with Gasteiger partial charge in [0.25, 0.3) is 10.0 Å². The molecule has 0 bridgehead atoms. The summed E-state index contributed by atoms with van der Waals surface area (Å²) in [6.45, 7) is 9.62. The van der Waals surface area contributed by atoms with E-state index in [1.807, 2.05) is 39.8 Å². The fourth-order valence-electron chi connectivity index (χ4n) is 4.35. The van der Waals surface area contributed by atoms with Crippen LogP contribution in [0.25, 0.3) is 0 Å². The number of sulfonamides is 1. The first-order valence-corrected chi connectivity index (χ1v) is 16.2. The van der Waals surface area contributed by atoms with Crippen molar-refractivity contribution in [3.63, 3.8) is 0 Å². The minimum Gasteiger partial charge on any atom is -0.354 e. The van der Waals surface area contributed by atoms with E-state index in [0.717, 1.165) is 28.3 Å². The molecule has 0 saturated heterocycles. The predicted octanol–water partition coefficient (Wildman–Crippen LogP) is 6.95. The number of anilines is 1. The second-order valence-corrected chi connectivity index (χ2v) is 13.3. The molecular formula is C32H39Cl2N3O4S. The van der Waals surface area contributed by atoms with Crippen LogP contribution >= 0.6 is 23.2 Å². The number of amides is 2. The van der Waals surface area contributed by atoms with E-state index in [1.165, 1.54) is 17.0 Å². The summed E-state index contributed by atoms with van der Waals surface area (Å²) >= 11 is 12.3. The maximum Gasteiger partial charge on any atom is 0.264 e. The van der Waals surface area contributed by atoms with Crippen LogP contribution < -0.4 is 9.62 Å². The molecule has 0 aliphatic rings. The molecule has 0 heterocycles. The van der Waals surface area contributed by atoms with Crippen LogP contribution in [0, 0.1) is 6.92 Å². The van der Waals surface area contributed by atoms with Gasteiger partial charge in [0.05, 0.1) is 20.6 Å². The second-order valence-electron chi connectivity index (χ2n) is 10.7. The average Bonchev–Trinajstić information content (AvgIpc) is 2.96. The first-order valence-electron chi connectivity index (χ1n) is 14.1. The highest BCUT2D eigenvalue weighted by atomic mass is 35.5. The molecule has 3 aromatic rings. The van der Waals surface area contributed by atoms with E-state index in [-0.39, 0.29) is 23.3 Å². The highest BCUT2D eigenvalue weighted by molar-refractivity contribution is 7.92. The van der Waals surface area contributed by atoms with E-state index in [0.29, 0.717) is 27.8 Å². The van der Waals surface area contributed by atoms with Gasteiger partial charge in [-0.2, -0.15) is 0 Å². The molecule has 3 aromatic carbocycles. The SMILES string of the molecule is CCCCNC(=O)[C@H](C)N(Cc1ccc(Cl)c(Cl)c1)C(=O)CN(c1ccc(C(C)C)cc1)S(=O)(=O)c1ccc(C)cc1. The summed E-state index contributed by atoms with van der Waals surface area (Å²) in [5, 5.41) is 3.56. The van der Waals surface area contributed by atoms with Crippen molar-refractivity contribution in [1.29, 1.82) is 0 Å². The minimum atomic E-state index is -4.13. The first kappa shape index (κ1) is 33.4. The van der Waals surface area contributed by atoms with Gasteiger partial charge in [0.2, 0.25) is 11.8 Å². The van der Waals surface area contributed by atoms with Crippen LogP contribution in [0.5, 0.6) is 0 Å². The molecule has 0 aromatic heterocycles. The van der Waals surface area contributed by atoms with Gasteiger partial charge in [-0.3, -0.25) is 13.9 Å². The number of carbonyl (C=O) groups excluding carboxylic acids is 2. The Labute approximate surface area is 259 Å². The van der Waals surface area contributed by atoms with Crippen LogP contribution in [0.15, 0.2) is 71.6 Å². The van der Waals surface area contributed by atoms with E-state index < -0.39 is 28.5 Å². The fourth-order valence-corrected chi connectivity index (χ4v) is 6.08. The number of halogens is 2. The fraction of sp³-hybridized carbons (Fsp3) is 0.375. The summed E-state index contributed by atoms with van der Waals surface area (Å²) in [6.07, 6.45) is 1.70. The molecule has 7 nitrogen and oxygen atoms in total. The lowest BCUT2D eigenvalue weighted by Gasteiger charge is -2.32. The number of nitrogens with zero attached hydrogens (tertiary/aromatic N) is 2. The molecular weight excluding hydrogens is 593 g/mol. The molecule has 3 rings (SSSR count). The van der Waals surface area contributed by atoms with Gasteiger partial charge in [-0.1, -0.05) is 86.3 Å². The van der Waals surface area contributed by atoms with E-state index in [9.17, 15) is 18.0 Å². The summed E-state index contributed by atoms with van der Waals surface area (Å²) in [7, 11) is -4.13. The largest absolute Gasteiger partial charge is 0.354 e. The molecule has 2 amide bonds. The Balaban J connectivity index is 2.03. The van der Waals surface area contributed by atoms with E-state index in [2.05, 4.69) is 5.32 Å². The topological polar surface area (TPSA) is 86.8 Å². The van der Waals surface area contributed by atoms with Gasteiger partial charge in [-0.25, -0.2) is 8.42 Å². The van der Waals surface area contributed by atoms with Crippen molar-refractivity contribution in [2.75, 3.05) is 17.4 Å². The van der Waals surface area contributed by atoms with E-state index in [1.54, 1.807) is 49.4 Å². The lowest BCUT2D eigenvalue weighted by atomic mass is 10.0. The molecule has 1 N–H and O–H groups in total. The summed E-state index contributed by atoms with van der Waals surface area (Å²) in [5.74, 6) is -0.620. The third-order valence-corrected chi connectivity index (χ3v) is 9.60. The summed E-state index contributed by atoms with van der Waals surface area (Å²) in [6, 6.07) is 17.7. The van der Waals surface area contributed by atoms with Crippen molar-refractivity contribution < 1.29 is 18.0 Å². The van der Waals surface area contributed by atoms with E-state index in [4.69, 9.17) is 23.2 Å². The van der Waals surface area contributed by atoms with Gasteiger partial charge in [0, 0.05) is 13.1 Å². The van der Waals surface area contributed by atoms with Gasteiger partial charge < -0.3 is 10.2 Å². The minimum absolute atomic E-state index is 0.0305. The Morgan fingerprint density at radius 1 is 0.905 bits per heavy atom. The van der Waals surface area contributed by atoms with Crippen molar-refractivity contribution in [3.05, 3.63) is 93.5 Å². The van der Waals surface area contributed by atoms with Crippen LogP contribution in [0.2, 0.25) is 10.0 Å². The molecule has 0 fully saturated rings. The van der Waals surface area contributed by atoms with Crippen LogP contribution in [0.1, 0.15) is 63.1 Å². The van der Waals surface area contributed by atoms with Crippen LogP contribution in [-0.4, -0.2) is 44.3 Å². The van der Waals surface area contributed by atoms with Crippen LogP contribution in [0.4, 0.5) is 5.69 Å². The van der Waals surface area contributed by atoms with Gasteiger partial charge in [-0.15, -0.1) is 0 Å².